The standard InChI is InChI=1S/C18H24N4OS/c1-13(15-9-5-3-6-10-15)19-17(23)14(2)24-18-21-20-16-11-7-4-8-12-22(16)18/h3,5-6,9-10,13-14H,4,7-8,11-12H2,1-2H3,(H,19,23)/t13-,14-/m1/s1. The summed E-state index contributed by atoms with van der Waals surface area (Å²) in [7, 11) is 0. The maximum Gasteiger partial charge on any atom is 0.233 e. The summed E-state index contributed by atoms with van der Waals surface area (Å²) in [6, 6.07) is 10.0. The largest absolute Gasteiger partial charge is 0.349 e. The average Bonchev–Trinajstić information content (AvgIpc) is 2.82. The van der Waals surface area contributed by atoms with Crippen molar-refractivity contribution >= 4 is 17.7 Å². The number of fused-ring (bicyclic) bond motifs is 1. The molecule has 0 spiro atoms. The minimum Gasteiger partial charge on any atom is -0.349 e. The van der Waals surface area contributed by atoms with E-state index < -0.39 is 0 Å². The third-order valence-electron chi connectivity index (χ3n) is 4.39. The number of rotatable bonds is 5. The molecule has 0 fully saturated rings. The topological polar surface area (TPSA) is 59.8 Å². The summed E-state index contributed by atoms with van der Waals surface area (Å²) >= 11 is 1.50. The molecule has 0 saturated heterocycles. The Morgan fingerprint density at radius 1 is 1.17 bits per heavy atom. The number of nitrogens with zero attached hydrogens (tertiary/aromatic N) is 3. The first-order valence-corrected chi connectivity index (χ1v) is 9.47. The number of hydrogen-bond donors (Lipinski definition) is 1. The Morgan fingerprint density at radius 3 is 2.75 bits per heavy atom. The summed E-state index contributed by atoms with van der Waals surface area (Å²) in [5.74, 6) is 1.09. The fourth-order valence-electron chi connectivity index (χ4n) is 2.91. The van der Waals surface area contributed by atoms with Crippen LogP contribution in [-0.4, -0.2) is 25.9 Å². The lowest BCUT2D eigenvalue weighted by Crippen LogP contribution is -2.33. The maximum atomic E-state index is 12.5. The number of carbonyl (C=O) groups is 1. The zero-order valence-electron chi connectivity index (χ0n) is 14.2. The monoisotopic (exact) mass is 344 g/mol. The number of nitrogens with one attached hydrogen (secondary N) is 1. The first kappa shape index (κ1) is 17.0. The molecule has 1 aliphatic heterocycles. The Balaban J connectivity index is 1.61. The minimum absolute atomic E-state index is 0.00253. The first-order chi connectivity index (χ1) is 11.6. The highest BCUT2D eigenvalue weighted by Crippen LogP contribution is 2.25. The smallest absolute Gasteiger partial charge is 0.233 e. The van der Waals surface area contributed by atoms with Crippen LogP contribution in [0.3, 0.4) is 0 Å². The normalized spacial score (nSPS) is 16.8. The molecule has 2 aromatic rings. The molecule has 24 heavy (non-hydrogen) atoms. The molecule has 1 amide bonds. The van der Waals surface area contributed by atoms with Crippen LogP contribution in [0, 0.1) is 0 Å². The summed E-state index contributed by atoms with van der Waals surface area (Å²) in [5, 5.41) is 12.3. The van der Waals surface area contributed by atoms with Crippen LogP contribution in [0.2, 0.25) is 0 Å². The summed E-state index contributed by atoms with van der Waals surface area (Å²) in [6.45, 7) is 4.89. The summed E-state index contributed by atoms with van der Waals surface area (Å²) in [4.78, 5) is 12.5. The van der Waals surface area contributed by atoms with E-state index in [0.29, 0.717) is 0 Å². The van der Waals surface area contributed by atoms with Gasteiger partial charge < -0.3 is 9.88 Å². The first-order valence-electron chi connectivity index (χ1n) is 8.59. The van der Waals surface area contributed by atoms with Gasteiger partial charge in [-0.25, -0.2) is 0 Å². The van der Waals surface area contributed by atoms with Gasteiger partial charge in [0.25, 0.3) is 0 Å². The number of amides is 1. The molecule has 1 aromatic heterocycles. The van der Waals surface area contributed by atoms with E-state index in [-0.39, 0.29) is 17.2 Å². The van der Waals surface area contributed by atoms with Gasteiger partial charge in [0.15, 0.2) is 5.16 Å². The van der Waals surface area contributed by atoms with E-state index in [0.717, 1.165) is 35.9 Å². The van der Waals surface area contributed by atoms with Gasteiger partial charge in [-0.3, -0.25) is 4.79 Å². The van der Waals surface area contributed by atoms with Gasteiger partial charge in [0.2, 0.25) is 5.91 Å². The molecule has 1 aliphatic rings. The van der Waals surface area contributed by atoms with Crippen LogP contribution in [0.25, 0.3) is 0 Å². The fraction of sp³-hybridized carbons (Fsp3) is 0.500. The molecule has 0 radical (unpaired) electrons. The number of hydrogen-bond acceptors (Lipinski definition) is 4. The van der Waals surface area contributed by atoms with Crippen LogP contribution in [0.5, 0.6) is 0 Å². The van der Waals surface area contributed by atoms with Crippen LogP contribution in [-0.2, 0) is 17.8 Å². The van der Waals surface area contributed by atoms with Crippen molar-refractivity contribution in [2.75, 3.05) is 0 Å². The summed E-state index contributed by atoms with van der Waals surface area (Å²) in [5.41, 5.74) is 1.11. The molecule has 0 aliphatic carbocycles. The lowest BCUT2D eigenvalue weighted by atomic mass is 10.1. The highest BCUT2D eigenvalue weighted by atomic mass is 32.2. The van der Waals surface area contributed by atoms with Crippen molar-refractivity contribution in [1.29, 1.82) is 0 Å². The van der Waals surface area contributed by atoms with Crippen molar-refractivity contribution in [2.45, 2.75) is 62.5 Å². The molecule has 128 valence electrons. The van der Waals surface area contributed by atoms with E-state index >= 15 is 0 Å². The Labute approximate surface area is 147 Å². The Morgan fingerprint density at radius 2 is 1.96 bits per heavy atom. The quantitative estimate of drug-likeness (QED) is 0.845. The lowest BCUT2D eigenvalue weighted by Gasteiger charge is -2.17. The maximum absolute atomic E-state index is 12.5. The van der Waals surface area contributed by atoms with Gasteiger partial charge in [-0.1, -0.05) is 48.5 Å². The molecular formula is C18H24N4OS. The van der Waals surface area contributed by atoms with E-state index in [1.54, 1.807) is 0 Å². The Hall–Kier alpha value is -1.82. The zero-order chi connectivity index (χ0) is 16.9. The van der Waals surface area contributed by atoms with Crippen molar-refractivity contribution < 1.29 is 4.79 Å². The molecule has 2 heterocycles. The van der Waals surface area contributed by atoms with Crippen LogP contribution in [0.1, 0.15) is 50.5 Å². The molecule has 5 nitrogen and oxygen atoms in total. The van der Waals surface area contributed by atoms with Gasteiger partial charge in [0.05, 0.1) is 11.3 Å². The van der Waals surface area contributed by atoms with Gasteiger partial charge in [0, 0.05) is 13.0 Å². The molecule has 0 saturated carbocycles. The zero-order valence-corrected chi connectivity index (χ0v) is 15.1. The van der Waals surface area contributed by atoms with Gasteiger partial charge in [-0.2, -0.15) is 0 Å². The van der Waals surface area contributed by atoms with Gasteiger partial charge in [-0.05, 0) is 32.3 Å². The van der Waals surface area contributed by atoms with E-state index in [9.17, 15) is 4.79 Å². The molecule has 0 unspecified atom stereocenters. The number of carbonyl (C=O) groups excluding carboxylic acids is 1. The highest BCUT2D eigenvalue weighted by Gasteiger charge is 2.22. The van der Waals surface area contributed by atoms with Crippen molar-refractivity contribution in [2.24, 2.45) is 0 Å². The van der Waals surface area contributed by atoms with Crippen LogP contribution >= 0.6 is 11.8 Å². The predicted molar refractivity (Wildman–Crippen MR) is 95.9 cm³/mol. The van der Waals surface area contributed by atoms with E-state index in [4.69, 9.17) is 0 Å². The fourth-order valence-corrected chi connectivity index (χ4v) is 3.82. The van der Waals surface area contributed by atoms with E-state index in [1.807, 2.05) is 44.2 Å². The molecule has 6 heteroatoms. The van der Waals surface area contributed by atoms with Crippen molar-refractivity contribution in [1.82, 2.24) is 20.1 Å². The van der Waals surface area contributed by atoms with Gasteiger partial charge in [0.1, 0.15) is 5.82 Å². The average molecular weight is 344 g/mol. The number of benzene rings is 1. The third kappa shape index (κ3) is 3.98. The molecular weight excluding hydrogens is 320 g/mol. The van der Waals surface area contributed by atoms with Crippen molar-refractivity contribution in [3.8, 4) is 0 Å². The van der Waals surface area contributed by atoms with Gasteiger partial charge in [-0.15, -0.1) is 10.2 Å². The molecule has 0 bridgehead atoms. The van der Waals surface area contributed by atoms with Gasteiger partial charge >= 0.3 is 0 Å². The number of thioether (sulfide) groups is 1. The van der Waals surface area contributed by atoms with Crippen LogP contribution in [0.15, 0.2) is 35.5 Å². The molecule has 1 aromatic carbocycles. The second-order valence-corrected chi connectivity index (χ2v) is 7.57. The molecule has 1 N–H and O–H groups in total. The summed E-state index contributed by atoms with van der Waals surface area (Å²) < 4.78 is 2.18. The number of aromatic nitrogens is 3. The molecule has 2 atom stereocenters. The second kappa shape index (κ2) is 7.83. The second-order valence-electron chi connectivity index (χ2n) is 6.26. The SMILES string of the molecule is C[C@@H](Sc1nnc2n1CCCCC2)C(=O)N[C@H](C)c1ccccc1. The Kier molecular flexibility index (Phi) is 5.56. The third-order valence-corrected chi connectivity index (χ3v) is 5.47. The van der Waals surface area contributed by atoms with Crippen molar-refractivity contribution in [3.63, 3.8) is 0 Å². The van der Waals surface area contributed by atoms with E-state index in [1.165, 1.54) is 24.6 Å². The minimum atomic E-state index is -0.201. The Bertz CT molecular complexity index is 686. The van der Waals surface area contributed by atoms with Crippen LogP contribution in [0.4, 0.5) is 0 Å². The molecule has 3 rings (SSSR count). The highest BCUT2D eigenvalue weighted by molar-refractivity contribution is 8.00. The lowest BCUT2D eigenvalue weighted by molar-refractivity contribution is -0.120. The number of aryl methyl sites for hydroxylation is 1. The van der Waals surface area contributed by atoms with E-state index in [2.05, 4.69) is 20.1 Å². The van der Waals surface area contributed by atoms with Crippen LogP contribution < -0.4 is 5.32 Å². The summed E-state index contributed by atoms with van der Waals surface area (Å²) in [6.07, 6.45) is 4.55. The van der Waals surface area contributed by atoms with Crippen molar-refractivity contribution in [3.05, 3.63) is 41.7 Å². The predicted octanol–water partition coefficient (Wildman–Crippen LogP) is 3.36.